The average Bonchev–Trinajstić information content (AvgIpc) is 3.24. The van der Waals surface area contributed by atoms with Crippen LogP contribution in [0.2, 0.25) is 0 Å². The van der Waals surface area contributed by atoms with Crippen LogP contribution in [0.15, 0.2) is 58.6 Å². The Morgan fingerprint density at radius 1 is 1.14 bits per heavy atom. The molecule has 1 aromatic heterocycles. The Kier molecular flexibility index (Phi) is 3.79. The third-order valence-electron chi connectivity index (χ3n) is 5.32. The number of benzene rings is 2. The van der Waals surface area contributed by atoms with E-state index in [1.165, 1.54) is 6.07 Å². The highest BCUT2D eigenvalue weighted by molar-refractivity contribution is 6.08. The van der Waals surface area contributed by atoms with Gasteiger partial charge in [0.2, 0.25) is 0 Å². The number of fused-ring (bicyclic) bond motifs is 2. The topological polar surface area (TPSA) is 78.3 Å². The van der Waals surface area contributed by atoms with E-state index in [0.29, 0.717) is 29.1 Å². The number of nitrogens with zero attached hydrogens (tertiary/aromatic N) is 1. The fraction of sp³-hybridized carbons (Fsp3) is 0.182. The number of aromatic nitrogens is 1. The number of nitrogens with two attached hydrogens (primary N) is 1. The van der Waals surface area contributed by atoms with Gasteiger partial charge < -0.3 is 15.0 Å². The highest BCUT2D eigenvalue weighted by atomic mass is 19.1. The number of halogens is 1. The number of carbonyl (C=O) groups is 1. The Morgan fingerprint density at radius 2 is 1.96 bits per heavy atom. The van der Waals surface area contributed by atoms with Gasteiger partial charge in [0.25, 0.3) is 0 Å². The lowest BCUT2D eigenvalue weighted by atomic mass is 9.83. The smallest absolute Gasteiger partial charge is 0.171 e. The zero-order valence-electron chi connectivity index (χ0n) is 14.9. The molecule has 140 valence electrons. The molecular formula is C22H17FN2O3. The largest absolute Gasteiger partial charge is 0.454 e. The number of Topliss-reactive ketones (excluding diaryl/α,β-unsaturated/α-hetero) is 1. The van der Waals surface area contributed by atoms with Crippen LogP contribution in [0.5, 0.6) is 11.5 Å². The van der Waals surface area contributed by atoms with Crippen LogP contribution in [0.1, 0.15) is 42.1 Å². The number of ether oxygens (including phenoxy) is 1. The number of anilines is 1. The summed E-state index contributed by atoms with van der Waals surface area (Å²) >= 11 is 0. The molecule has 3 aromatic rings. The van der Waals surface area contributed by atoms with Crippen LogP contribution in [-0.2, 0) is 4.79 Å². The summed E-state index contributed by atoms with van der Waals surface area (Å²) in [5.74, 6) is 0.654. The van der Waals surface area contributed by atoms with Gasteiger partial charge in [-0.15, -0.1) is 0 Å². The summed E-state index contributed by atoms with van der Waals surface area (Å²) in [5.41, 5.74) is 9.04. The van der Waals surface area contributed by atoms with Gasteiger partial charge in [0.1, 0.15) is 5.75 Å². The number of carbonyl (C=O) groups excluding carboxylic acids is 1. The second-order valence-electron chi connectivity index (χ2n) is 7.02. The van der Waals surface area contributed by atoms with Gasteiger partial charge in [-0.25, -0.2) is 4.39 Å². The van der Waals surface area contributed by atoms with E-state index in [1.807, 2.05) is 18.2 Å². The van der Waals surface area contributed by atoms with Crippen molar-refractivity contribution in [2.45, 2.75) is 25.2 Å². The quantitative estimate of drug-likeness (QED) is 0.708. The van der Waals surface area contributed by atoms with Crippen molar-refractivity contribution in [2.75, 3.05) is 5.73 Å². The molecule has 0 saturated heterocycles. The summed E-state index contributed by atoms with van der Waals surface area (Å²) in [4.78, 5) is 12.7. The molecule has 2 aliphatic rings. The molecule has 0 amide bonds. The number of rotatable bonds is 3. The molecule has 5 nitrogen and oxygen atoms in total. The number of ketones is 1. The van der Waals surface area contributed by atoms with Crippen LogP contribution in [0.25, 0.3) is 5.57 Å². The summed E-state index contributed by atoms with van der Waals surface area (Å²) in [6, 6.07) is 13.6. The standard InChI is InChI=1S/C22H17FN2O3/c23-15-10-9-12(11-17(15)27-13-5-2-1-3-6-13)18-19-14(7-4-8-16(19)26)21-20(18)22(24)25-28-21/h1-3,5-6,9-11,18H,4,7-8H2,(H2,24,25)/t18-/m0/s1. The van der Waals surface area contributed by atoms with Gasteiger partial charge in [-0.3, -0.25) is 4.79 Å². The zero-order valence-corrected chi connectivity index (χ0v) is 14.9. The SMILES string of the molecule is Nc1noc2c1[C@@H](c1ccc(F)c(Oc3ccccc3)c1)C1=C2CCCC1=O. The summed E-state index contributed by atoms with van der Waals surface area (Å²) < 4.78 is 25.6. The Labute approximate surface area is 160 Å². The molecule has 2 N–H and O–H groups in total. The van der Waals surface area contributed by atoms with E-state index in [2.05, 4.69) is 5.16 Å². The number of allylic oxidation sites excluding steroid dienone is 2. The van der Waals surface area contributed by atoms with E-state index >= 15 is 0 Å². The number of hydrogen-bond acceptors (Lipinski definition) is 5. The molecule has 0 radical (unpaired) electrons. The molecule has 1 heterocycles. The van der Waals surface area contributed by atoms with Crippen molar-refractivity contribution < 1.29 is 18.4 Å². The summed E-state index contributed by atoms with van der Waals surface area (Å²) in [7, 11) is 0. The van der Waals surface area contributed by atoms with Crippen LogP contribution in [0.4, 0.5) is 10.2 Å². The summed E-state index contributed by atoms with van der Waals surface area (Å²) in [6.07, 6.45) is 2.01. The first-order chi connectivity index (χ1) is 13.6. The van der Waals surface area contributed by atoms with E-state index in [1.54, 1.807) is 24.3 Å². The minimum atomic E-state index is -0.478. The maximum absolute atomic E-state index is 14.4. The molecule has 2 aromatic carbocycles. The van der Waals surface area contributed by atoms with Crippen LogP contribution in [-0.4, -0.2) is 10.9 Å². The highest BCUT2D eigenvalue weighted by Gasteiger charge is 2.42. The van der Waals surface area contributed by atoms with Crippen LogP contribution < -0.4 is 10.5 Å². The highest BCUT2D eigenvalue weighted by Crippen LogP contribution is 2.52. The van der Waals surface area contributed by atoms with Crippen molar-refractivity contribution in [1.82, 2.24) is 5.16 Å². The molecule has 28 heavy (non-hydrogen) atoms. The van der Waals surface area contributed by atoms with Gasteiger partial charge in [0.15, 0.2) is 28.9 Å². The molecule has 6 heteroatoms. The second kappa shape index (κ2) is 6.34. The van der Waals surface area contributed by atoms with Crippen molar-refractivity contribution in [3.8, 4) is 11.5 Å². The monoisotopic (exact) mass is 376 g/mol. The molecule has 0 aliphatic heterocycles. The molecule has 0 saturated carbocycles. The number of nitrogen functional groups attached to an aromatic ring is 1. The fourth-order valence-corrected chi connectivity index (χ4v) is 4.11. The molecule has 0 fully saturated rings. The lowest BCUT2D eigenvalue weighted by Crippen LogP contribution is -2.14. The zero-order chi connectivity index (χ0) is 19.3. The molecule has 0 unspecified atom stereocenters. The summed E-state index contributed by atoms with van der Waals surface area (Å²) in [6.45, 7) is 0. The van der Waals surface area contributed by atoms with Crippen molar-refractivity contribution in [3.63, 3.8) is 0 Å². The Hall–Kier alpha value is -3.41. The lowest BCUT2D eigenvalue weighted by Gasteiger charge is -2.20. The van der Waals surface area contributed by atoms with Crippen LogP contribution >= 0.6 is 0 Å². The van der Waals surface area contributed by atoms with Crippen molar-refractivity contribution >= 4 is 17.2 Å². The predicted octanol–water partition coefficient (Wildman–Crippen LogP) is 4.84. The van der Waals surface area contributed by atoms with E-state index in [-0.39, 0.29) is 17.4 Å². The van der Waals surface area contributed by atoms with Crippen molar-refractivity contribution in [1.29, 1.82) is 0 Å². The van der Waals surface area contributed by atoms with Crippen molar-refractivity contribution in [2.24, 2.45) is 0 Å². The van der Waals surface area contributed by atoms with Gasteiger partial charge in [-0.1, -0.05) is 29.4 Å². The lowest BCUT2D eigenvalue weighted by molar-refractivity contribution is -0.116. The molecule has 5 rings (SSSR count). The Balaban J connectivity index is 1.62. The van der Waals surface area contributed by atoms with E-state index in [4.69, 9.17) is 15.0 Å². The average molecular weight is 376 g/mol. The number of para-hydroxylation sites is 1. The van der Waals surface area contributed by atoms with Gasteiger partial charge in [0, 0.05) is 23.5 Å². The van der Waals surface area contributed by atoms with Gasteiger partial charge in [-0.2, -0.15) is 0 Å². The van der Waals surface area contributed by atoms with Crippen LogP contribution in [0.3, 0.4) is 0 Å². The van der Waals surface area contributed by atoms with E-state index in [0.717, 1.165) is 24.0 Å². The third-order valence-corrected chi connectivity index (χ3v) is 5.32. The number of hydrogen-bond donors (Lipinski definition) is 1. The van der Waals surface area contributed by atoms with E-state index < -0.39 is 11.7 Å². The molecule has 0 bridgehead atoms. The third kappa shape index (κ3) is 2.52. The maximum atomic E-state index is 14.4. The predicted molar refractivity (Wildman–Crippen MR) is 101 cm³/mol. The van der Waals surface area contributed by atoms with E-state index in [9.17, 15) is 9.18 Å². The first-order valence-electron chi connectivity index (χ1n) is 9.17. The Bertz CT molecular complexity index is 1120. The normalized spacial score (nSPS) is 18.2. The molecule has 2 aliphatic carbocycles. The fourth-order valence-electron chi connectivity index (χ4n) is 4.11. The van der Waals surface area contributed by atoms with Gasteiger partial charge in [-0.05, 0) is 42.7 Å². The second-order valence-corrected chi connectivity index (χ2v) is 7.02. The van der Waals surface area contributed by atoms with Crippen LogP contribution in [0, 0.1) is 5.82 Å². The minimum absolute atomic E-state index is 0.0758. The first-order valence-corrected chi connectivity index (χ1v) is 9.17. The summed E-state index contributed by atoms with van der Waals surface area (Å²) in [5, 5.41) is 3.89. The Morgan fingerprint density at radius 3 is 2.79 bits per heavy atom. The van der Waals surface area contributed by atoms with Gasteiger partial charge >= 0.3 is 0 Å². The molecule has 0 spiro atoms. The molecular weight excluding hydrogens is 359 g/mol. The minimum Gasteiger partial charge on any atom is -0.454 e. The van der Waals surface area contributed by atoms with Gasteiger partial charge in [0.05, 0.1) is 5.56 Å². The van der Waals surface area contributed by atoms with Crippen molar-refractivity contribution in [3.05, 3.63) is 76.8 Å². The first kappa shape index (κ1) is 16.7. The maximum Gasteiger partial charge on any atom is 0.171 e. The molecule has 1 atom stereocenters.